The summed E-state index contributed by atoms with van der Waals surface area (Å²) in [5.41, 5.74) is 0.0499. The number of rotatable bonds is 7. The molecule has 1 aromatic rings. The lowest BCUT2D eigenvalue weighted by Crippen LogP contribution is -2.47. The molecule has 0 spiro atoms. The van der Waals surface area contributed by atoms with E-state index < -0.39 is 11.7 Å². The van der Waals surface area contributed by atoms with Crippen LogP contribution in [0.2, 0.25) is 0 Å². The van der Waals surface area contributed by atoms with Crippen LogP contribution in [-0.2, 0) is 11.0 Å². The molecule has 1 heterocycles. The summed E-state index contributed by atoms with van der Waals surface area (Å²) in [6, 6.07) is 7.82. The SMILES string of the molecule is Cl.N#CCCC(=O)NC1CCC(CCN2CCN(c3cccc(C(F)(F)F)c3)CC2)CC1. The topological polar surface area (TPSA) is 59.4 Å². The molecule has 178 valence electrons. The highest BCUT2D eigenvalue weighted by atomic mass is 35.5. The minimum Gasteiger partial charge on any atom is -0.369 e. The maximum absolute atomic E-state index is 13.0. The molecule has 0 atom stereocenters. The van der Waals surface area contributed by atoms with Gasteiger partial charge in [0.1, 0.15) is 0 Å². The average Bonchev–Trinajstić information content (AvgIpc) is 2.77. The van der Waals surface area contributed by atoms with E-state index in [0.29, 0.717) is 11.6 Å². The van der Waals surface area contributed by atoms with Crippen LogP contribution in [0.25, 0.3) is 0 Å². The molecule has 2 fully saturated rings. The second kappa shape index (κ2) is 12.3. The van der Waals surface area contributed by atoms with Crippen LogP contribution in [0.15, 0.2) is 24.3 Å². The van der Waals surface area contributed by atoms with Crippen LogP contribution in [0.3, 0.4) is 0 Å². The lowest BCUT2D eigenvalue weighted by molar-refractivity contribution is -0.137. The Hall–Kier alpha value is -1.98. The van der Waals surface area contributed by atoms with E-state index in [9.17, 15) is 18.0 Å². The summed E-state index contributed by atoms with van der Waals surface area (Å²) in [5.74, 6) is 0.636. The van der Waals surface area contributed by atoms with Crippen molar-refractivity contribution in [1.82, 2.24) is 10.2 Å². The van der Waals surface area contributed by atoms with Gasteiger partial charge in [0.15, 0.2) is 0 Å². The van der Waals surface area contributed by atoms with Crippen LogP contribution >= 0.6 is 12.4 Å². The van der Waals surface area contributed by atoms with Gasteiger partial charge in [0.25, 0.3) is 0 Å². The number of hydrogen-bond donors (Lipinski definition) is 1. The zero-order valence-corrected chi connectivity index (χ0v) is 19.1. The third-order valence-electron chi connectivity index (χ3n) is 6.44. The zero-order valence-electron chi connectivity index (χ0n) is 18.2. The van der Waals surface area contributed by atoms with Gasteiger partial charge < -0.3 is 10.2 Å². The molecule has 9 heteroatoms. The highest BCUT2D eigenvalue weighted by Crippen LogP contribution is 2.32. The summed E-state index contributed by atoms with van der Waals surface area (Å²) in [4.78, 5) is 16.2. The van der Waals surface area contributed by atoms with Crippen molar-refractivity contribution in [1.29, 1.82) is 5.26 Å². The lowest BCUT2D eigenvalue weighted by Gasteiger charge is -2.37. The highest BCUT2D eigenvalue weighted by Gasteiger charge is 2.31. The largest absolute Gasteiger partial charge is 0.416 e. The maximum Gasteiger partial charge on any atom is 0.416 e. The Kier molecular flexibility index (Phi) is 10.1. The predicted octanol–water partition coefficient (Wildman–Crippen LogP) is 4.62. The highest BCUT2D eigenvalue weighted by molar-refractivity contribution is 5.85. The summed E-state index contributed by atoms with van der Waals surface area (Å²) in [6.07, 6.45) is 1.55. The van der Waals surface area contributed by atoms with Gasteiger partial charge in [0.2, 0.25) is 5.91 Å². The van der Waals surface area contributed by atoms with Crippen molar-refractivity contribution < 1.29 is 18.0 Å². The molecule has 0 aromatic heterocycles. The summed E-state index contributed by atoms with van der Waals surface area (Å²) >= 11 is 0. The fraction of sp³-hybridized carbons (Fsp3) is 0.652. The van der Waals surface area contributed by atoms with Gasteiger partial charge in [-0.25, -0.2) is 0 Å². The van der Waals surface area contributed by atoms with Gasteiger partial charge in [-0.3, -0.25) is 9.69 Å². The molecule has 1 aliphatic carbocycles. The number of anilines is 1. The van der Waals surface area contributed by atoms with Crippen LogP contribution in [0.1, 0.15) is 50.5 Å². The average molecular weight is 473 g/mol. The van der Waals surface area contributed by atoms with Gasteiger partial charge in [-0.1, -0.05) is 6.07 Å². The Morgan fingerprint density at radius 3 is 2.44 bits per heavy atom. The molecule has 5 nitrogen and oxygen atoms in total. The second-order valence-corrected chi connectivity index (χ2v) is 8.61. The van der Waals surface area contributed by atoms with E-state index in [4.69, 9.17) is 5.26 Å². The van der Waals surface area contributed by atoms with Crippen molar-refractivity contribution in [3.05, 3.63) is 29.8 Å². The van der Waals surface area contributed by atoms with E-state index in [2.05, 4.69) is 10.2 Å². The fourth-order valence-electron chi connectivity index (χ4n) is 4.54. The standard InChI is InChI=1S/C23H31F3N4O.ClH/c24-23(25,26)19-3-1-4-21(17-19)30-15-13-29(14-16-30)12-10-18-6-8-20(9-7-18)28-22(31)5-2-11-27;/h1,3-4,17-18,20H,2,5-10,12-16H2,(H,28,31);1H. The van der Waals surface area contributed by atoms with E-state index in [-0.39, 0.29) is 37.2 Å². The van der Waals surface area contributed by atoms with Gasteiger partial charge in [-0.05, 0) is 62.8 Å². The van der Waals surface area contributed by atoms with Gasteiger partial charge in [0.05, 0.1) is 11.6 Å². The number of alkyl halides is 3. The number of carbonyl (C=O) groups excluding carboxylic acids is 1. The van der Waals surface area contributed by atoms with Crippen LogP contribution in [0.5, 0.6) is 0 Å². The molecule has 1 aromatic carbocycles. The number of hydrogen-bond acceptors (Lipinski definition) is 4. The Morgan fingerprint density at radius 1 is 1.12 bits per heavy atom. The van der Waals surface area contributed by atoms with Crippen molar-refractivity contribution in [3.63, 3.8) is 0 Å². The van der Waals surface area contributed by atoms with Crippen LogP contribution in [0, 0.1) is 17.2 Å². The van der Waals surface area contributed by atoms with Crippen LogP contribution in [-0.4, -0.2) is 49.6 Å². The quantitative estimate of drug-likeness (QED) is 0.629. The Labute approximate surface area is 194 Å². The third-order valence-corrected chi connectivity index (χ3v) is 6.44. The predicted molar refractivity (Wildman–Crippen MR) is 121 cm³/mol. The number of nitrogens with zero attached hydrogens (tertiary/aromatic N) is 3. The molecule has 0 unspecified atom stereocenters. The first kappa shape index (κ1) is 26.3. The molecule has 3 rings (SSSR count). The Bertz CT molecular complexity index is 767. The van der Waals surface area contributed by atoms with E-state index in [0.717, 1.165) is 70.9 Å². The number of amides is 1. The fourth-order valence-corrected chi connectivity index (χ4v) is 4.54. The number of benzene rings is 1. The molecule has 2 aliphatic rings. The minimum atomic E-state index is -4.31. The first-order chi connectivity index (χ1) is 14.8. The molecular formula is C23H32ClF3N4O. The monoisotopic (exact) mass is 472 g/mol. The molecular weight excluding hydrogens is 441 g/mol. The van der Waals surface area contributed by atoms with Gasteiger partial charge in [0, 0.05) is 50.7 Å². The van der Waals surface area contributed by atoms with Crippen molar-refractivity contribution in [3.8, 4) is 6.07 Å². The Morgan fingerprint density at radius 2 is 1.81 bits per heavy atom. The minimum absolute atomic E-state index is 0. The number of carbonyl (C=O) groups is 1. The van der Waals surface area contributed by atoms with Crippen LogP contribution < -0.4 is 10.2 Å². The molecule has 0 bridgehead atoms. The molecule has 1 amide bonds. The summed E-state index contributed by atoms with van der Waals surface area (Å²) < 4.78 is 38.9. The van der Waals surface area contributed by atoms with E-state index in [1.807, 2.05) is 11.0 Å². The molecule has 1 saturated carbocycles. The van der Waals surface area contributed by atoms with Gasteiger partial charge >= 0.3 is 6.18 Å². The molecule has 1 aliphatic heterocycles. The number of piperazine rings is 1. The normalized spacial score (nSPS) is 22.0. The maximum atomic E-state index is 13.0. The zero-order chi connectivity index (χ0) is 22.3. The molecule has 32 heavy (non-hydrogen) atoms. The number of nitriles is 1. The van der Waals surface area contributed by atoms with E-state index in [1.165, 1.54) is 12.1 Å². The number of halogens is 4. The Balaban J connectivity index is 0.00000363. The smallest absolute Gasteiger partial charge is 0.369 e. The first-order valence-electron chi connectivity index (χ1n) is 11.2. The first-order valence-corrected chi connectivity index (χ1v) is 11.2. The van der Waals surface area contributed by atoms with Gasteiger partial charge in [-0.15, -0.1) is 12.4 Å². The second-order valence-electron chi connectivity index (χ2n) is 8.61. The lowest BCUT2D eigenvalue weighted by atomic mass is 9.84. The third kappa shape index (κ3) is 7.86. The summed E-state index contributed by atoms with van der Waals surface area (Å²) in [5, 5.41) is 11.6. The summed E-state index contributed by atoms with van der Waals surface area (Å²) in [6.45, 7) is 4.22. The van der Waals surface area contributed by atoms with E-state index in [1.54, 1.807) is 6.07 Å². The van der Waals surface area contributed by atoms with Crippen molar-refractivity contribution in [2.45, 2.75) is 57.2 Å². The molecule has 0 radical (unpaired) electrons. The van der Waals surface area contributed by atoms with Crippen molar-refractivity contribution in [2.24, 2.45) is 5.92 Å². The van der Waals surface area contributed by atoms with Gasteiger partial charge in [-0.2, -0.15) is 18.4 Å². The van der Waals surface area contributed by atoms with E-state index >= 15 is 0 Å². The molecule has 1 saturated heterocycles. The summed E-state index contributed by atoms with van der Waals surface area (Å²) in [7, 11) is 0. The van der Waals surface area contributed by atoms with Crippen LogP contribution in [0.4, 0.5) is 18.9 Å². The molecule has 1 N–H and O–H groups in total. The van der Waals surface area contributed by atoms with Crippen molar-refractivity contribution in [2.75, 3.05) is 37.6 Å². The number of nitrogens with one attached hydrogen (secondary N) is 1. The van der Waals surface area contributed by atoms with Crippen molar-refractivity contribution >= 4 is 24.0 Å².